The molecule has 0 unspecified atom stereocenters. The molecule has 3 aromatic heterocycles. The molecule has 70 heavy (non-hydrogen) atoms. The van der Waals surface area contributed by atoms with Gasteiger partial charge in [-0.05, 0) is 115 Å². The topological polar surface area (TPSA) is 31.2 Å². The average molecular weight is 890 g/mol. The Hall–Kier alpha value is -9.18. The first-order chi connectivity index (χ1) is 34.7. The van der Waals surface area contributed by atoms with Gasteiger partial charge >= 0.3 is 0 Å². The van der Waals surface area contributed by atoms with Gasteiger partial charge in [0.25, 0.3) is 0 Å². The van der Waals surface area contributed by atoms with E-state index in [9.17, 15) is 0 Å². The van der Waals surface area contributed by atoms with Crippen molar-refractivity contribution in [2.24, 2.45) is 0 Å². The highest BCUT2D eigenvalue weighted by atomic mass is 16.3. The molecule has 0 bridgehead atoms. The lowest BCUT2D eigenvalue weighted by atomic mass is 9.70. The van der Waals surface area contributed by atoms with Gasteiger partial charge in [0.15, 0.2) is 0 Å². The van der Waals surface area contributed by atoms with Gasteiger partial charge in [0.05, 0.1) is 16.4 Å². The first kappa shape index (κ1) is 37.9. The summed E-state index contributed by atoms with van der Waals surface area (Å²) in [6.45, 7) is 0. The van der Waals surface area contributed by atoms with E-state index >= 15 is 0 Å². The summed E-state index contributed by atoms with van der Waals surface area (Å²) in [5, 5.41) is 6.89. The molecule has 2 aliphatic rings. The molecule has 0 aliphatic heterocycles. The summed E-state index contributed by atoms with van der Waals surface area (Å²) in [6, 6.07) is 86.8. The number of hydrogen-bond acceptors (Lipinski definition) is 2. The second kappa shape index (κ2) is 13.9. The van der Waals surface area contributed by atoms with Gasteiger partial charge in [-0.2, -0.15) is 0 Å². The molecule has 0 saturated carbocycles. The van der Waals surface area contributed by atoms with Gasteiger partial charge in [0, 0.05) is 49.1 Å². The van der Waals surface area contributed by atoms with Crippen molar-refractivity contribution in [2.45, 2.75) is 5.41 Å². The van der Waals surface area contributed by atoms with Crippen molar-refractivity contribution in [2.75, 3.05) is 0 Å². The second-order valence-corrected chi connectivity index (χ2v) is 19.0. The third-order valence-electron chi connectivity index (χ3n) is 15.7. The third kappa shape index (κ3) is 4.92. The lowest BCUT2D eigenvalue weighted by Gasteiger charge is -2.30. The van der Waals surface area contributed by atoms with Gasteiger partial charge in [0.2, 0.25) is 0 Å². The van der Waals surface area contributed by atoms with Crippen LogP contribution >= 0.6 is 0 Å². The molecular weight excluding hydrogens is 851 g/mol. The van der Waals surface area contributed by atoms with Crippen LogP contribution < -0.4 is 0 Å². The van der Waals surface area contributed by atoms with Crippen LogP contribution in [-0.4, -0.2) is 4.57 Å². The number of hydrogen-bond donors (Lipinski definition) is 0. The molecular formula is C67H39NO2. The van der Waals surface area contributed by atoms with E-state index in [2.05, 4.69) is 223 Å². The van der Waals surface area contributed by atoms with Gasteiger partial charge in [0.1, 0.15) is 22.3 Å². The number of furan rings is 2. The maximum Gasteiger partial charge on any atom is 0.143 e. The number of nitrogens with zero attached hydrogens (tertiary/aromatic N) is 1. The van der Waals surface area contributed by atoms with Crippen LogP contribution in [0.25, 0.3) is 127 Å². The van der Waals surface area contributed by atoms with E-state index in [-0.39, 0.29) is 0 Å². The zero-order chi connectivity index (χ0) is 45.7. The minimum Gasteiger partial charge on any atom is -0.455 e. The van der Waals surface area contributed by atoms with E-state index < -0.39 is 5.41 Å². The van der Waals surface area contributed by atoms with Crippen molar-refractivity contribution < 1.29 is 8.83 Å². The summed E-state index contributed by atoms with van der Waals surface area (Å²) in [5.74, 6) is 0. The Morgan fingerprint density at radius 1 is 0.286 bits per heavy atom. The Kier molecular flexibility index (Phi) is 7.54. The fourth-order valence-corrected chi connectivity index (χ4v) is 12.8. The van der Waals surface area contributed by atoms with Gasteiger partial charge < -0.3 is 13.4 Å². The molecule has 11 aromatic carbocycles. The average Bonchev–Trinajstić information content (AvgIpc) is 4.23. The fraction of sp³-hybridized carbons (Fsp3) is 0.0149. The highest BCUT2D eigenvalue weighted by Gasteiger charge is 2.52. The highest BCUT2D eigenvalue weighted by Crippen LogP contribution is 2.64. The molecule has 324 valence electrons. The maximum atomic E-state index is 6.62. The van der Waals surface area contributed by atoms with Crippen molar-refractivity contribution in [1.29, 1.82) is 0 Å². The highest BCUT2D eigenvalue weighted by molar-refractivity contribution is 6.15. The minimum atomic E-state index is -0.413. The number of rotatable bonds is 4. The SMILES string of the molecule is c1ccc2c(c1)-c1ccccc1C21c2ccccc2-c2c(-c3ccc4c(c3)c3cc(-c5cccc6c5oc5ccccc56)ccc3n4-c3ccc(-c4cccc5c4oc4ccccc45)cc3)cccc21. The molecule has 0 atom stereocenters. The quantitative estimate of drug-likeness (QED) is 0.176. The maximum absolute atomic E-state index is 6.62. The number of benzene rings is 11. The van der Waals surface area contributed by atoms with Gasteiger partial charge in [-0.15, -0.1) is 0 Å². The fourth-order valence-electron chi connectivity index (χ4n) is 12.8. The minimum absolute atomic E-state index is 0.413. The molecule has 0 amide bonds. The summed E-state index contributed by atoms with van der Waals surface area (Å²) >= 11 is 0. The van der Waals surface area contributed by atoms with Gasteiger partial charge in [-0.25, -0.2) is 0 Å². The largest absolute Gasteiger partial charge is 0.455 e. The Bertz CT molecular complexity index is 4490. The molecule has 2 aliphatic carbocycles. The molecule has 0 saturated heterocycles. The normalized spacial score (nSPS) is 13.3. The second-order valence-electron chi connectivity index (χ2n) is 19.0. The number of aromatic nitrogens is 1. The summed E-state index contributed by atoms with van der Waals surface area (Å²) in [6.07, 6.45) is 0. The molecule has 3 heterocycles. The molecule has 14 aromatic rings. The van der Waals surface area contributed by atoms with Crippen LogP contribution in [0.15, 0.2) is 245 Å². The summed E-state index contributed by atoms with van der Waals surface area (Å²) < 4.78 is 15.5. The van der Waals surface area contributed by atoms with Gasteiger partial charge in [-0.3, -0.25) is 0 Å². The van der Waals surface area contributed by atoms with Crippen molar-refractivity contribution in [3.05, 3.63) is 259 Å². The summed E-state index contributed by atoms with van der Waals surface area (Å²) in [4.78, 5) is 0. The Balaban J connectivity index is 0.917. The van der Waals surface area contributed by atoms with E-state index in [0.29, 0.717) is 0 Å². The zero-order valence-corrected chi connectivity index (χ0v) is 37.8. The van der Waals surface area contributed by atoms with Crippen LogP contribution in [0.1, 0.15) is 22.3 Å². The third-order valence-corrected chi connectivity index (χ3v) is 15.7. The number of fused-ring (bicyclic) bond motifs is 19. The van der Waals surface area contributed by atoms with Crippen molar-refractivity contribution in [1.82, 2.24) is 4.57 Å². The van der Waals surface area contributed by atoms with E-state index in [1.165, 1.54) is 66.4 Å². The van der Waals surface area contributed by atoms with Crippen molar-refractivity contribution in [3.63, 3.8) is 0 Å². The molecule has 0 fully saturated rings. The Morgan fingerprint density at radius 2 is 0.700 bits per heavy atom. The van der Waals surface area contributed by atoms with Crippen LogP contribution in [-0.2, 0) is 5.41 Å². The number of para-hydroxylation sites is 4. The predicted molar refractivity (Wildman–Crippen MR) is 288 cm³/mol. The zero-order valence-electron chi connectivity index (χ0n) is 37.8. The predicted octanol–water partition coefficient (Wildman–Crippen LogP) is 17.9. The first-order valence-electron chi connectivity index (χ1n) is 24.2. The van der Waals surface area contributed by atoms with Crippen LogP contribution in [0.3, 0.4) is 0 Å². The molecule has 3 heteroatoms. The lowest BCUT2D eigenvalue weighted by Crippen LogP contribution is -2.25. The van der Waals surface area contributed by atoms with Crippen molar-refractivity contribution in [3.8, 4) is 61.3 Å². The Morgan fingerprint density at radius 3 is 1.30 bits per heavy atom. The van der Waals surface area contributed by atoms with E-state index in [1.54, 1.807) is 0 Å². The van der Waals surface area contributed by atoms with E-state index in [1.807, 2.05) is 18.2 Å². The molecule has 1 spiro atoms. The Labute approximate surface area is 402 Å². The molecule has 3 nitrogen and oxygen atoms in total. The van der Waals surface area contributed by atoms with Crippen LogP contribution in [0.4, 0.5) is 0 Å². The first-order valence-corrected chi connectivity index (χ1v) is 24.2. The van der Waals surface area contributed by atoms with E-state index in [4.69, 9.17) is 8.83 Å². The van der Waals surface area contributed by atoms with E-state index in [0.717, 1.165) is 82.9 Å². The monoisotopic (exact) mass is 889 g/mol. The smallest absolute Gasteiger partial charge is 0.143 e. The van der Waals surface area contributed by atoms with Crippen LogP contribution in [0.2, 0.25) is 0 Å². The van der Waals surface area contributed by atoms with Gasteiger partial charge in [-0.1, -0.05) is 188 Å². The summed E-state index contributed by atoms with van der Waals surface area (Å²) in [5.41, 5.74) is 24.0. The molecule has 16 rings (SSSR count). The van der Waals surface area contributed by atoms with Crippen LogP contribution in [0.5, 0.6) is 0 Å². The standard InChI is InChI=1S/C67H39NO2/c1-6-24-56-47(14-1)48-15-2-7-25-57(48)67(56)58-26-8-3-18-53(58)64-44(19-13-27-59(64)67)41-32-36-60-54(38-41)55-39-42(46-21-12-23-52-50-17-5-10-29-63(50)70-66(46)52)33-37-61(55)68(60)43-34-30-40(31-35-43)45-20-11-22-51-49-16-4-9-28-62(49)69-65(45)51/h1-39H. The molecule has 0 radical (unpaired) electrons. The molecule has 0 N–H and O–H groups in total. The van der Waals surface area contributed by atoms with Crippen LogP contribution in [0, 0.1) is 0 Å². The lowest BCUT2D eigenvalue weighted by molar-refractivity contribution is 0.669. The van der Waals surface area contributed by atoms with Crippen molar-refractivity contribution >= 4 is 65.7 Å². The summed E-state index contributed by atoms with van der Waals surface area (Å²) in [7, 11) is 0.